The highest BCUT2D eigenvalue weighted by Crippen LogP contribution is 2.39. The van der Waals surface area contributed by atoms with Crippen molar-refractivity contribution in [3.8, 4) is 5.75 Å². The minimum Gasteiger partial charge on any atom is -0.497 e. The molecule has 0 atom stereocenters. The predicted octanol–water partition coefficient (Wildman–Crippen LogP) is 5.09. The number of fused-ring (bicyclic) bond motifs is 1. The van der Waals surface area contributed by atoms with Crippen LogP contribution in [0.25, 0.3) is 6.08 Å². The van der Waals surface area contributed by atoms with E-state index in [1.165, 1.54) is 11.8 Å². The lowest BCUT2D eigenvalue weighted by molar-refractivity contribution is -0.112. The monoisotopic (exact) mass is 422 g/mol. The van der Waals surface area contributed by atoms with Gasteiger partial charge in [-0.2, -0.15) is 0 Å². The van der Waals surface area contributed by atoms with E-state index in [2.05, 4.69) is 17.6 Å². The second-order valence-corrected chi connectivity index (χ2v) is 9.07. The Balaban J connectivity index is 1.48. The molecule has 6 heteroatoms. The lowest BCUT2D eigenvalue weighted by Crippen LogP contribution is -2.37. The van der Waals surface area contributed by atoms with Crippen LogP contribution < -0.4 is 15.4 Å². The molecule has 0 radical (unpaired) electrons. The normalized spacial score (nSPS) is 22.2. The van der Waals surface area contributed by atoms with Crippen LogP contribution >= 0.6 is 11.8 Å². The van der Waals surface area contributed by atoms with Crippen LogP contribution in [0.5, 0.6) is 5.75 Å². The zero-order valence-electron chi connectivity index (χ0n) is 17.2. The summed E-state index contributed by atoms with van der Waals surface area (Å²) in [4.78, 5) is 26.8. The van der Waals surface area contributed by atoms with E-state index in [1.807, 2.05) is 42.5 Å². The Morgan fingerprint density at radius 1 is 1.17 bits per heavy atom. The first-order chi connectivity index (χ1) is 14.5. The summed E-state index contributed by atoms with van der Waals surface area (Å²) in [5.74, 6) is 1.24. The summed E-state index contributed by atoms with van der Waals surface area (Å²) in [6.45, 7) is 2.26. The molecule has 1 aliphatic heterocycles. The van der Waals surface area contributed by atoms with E-state index in [4.69, 9.17) is 4.74 Å². The minimum atomic E-state index is -0.172. The molecule has 2 aromatic rings. The Morgan fingerprint density at radius 3 is 2.73 bits per heavy atom. The first kappa shape index (κ1) is 20.5. The maximum Gasteiger partial charge on any atom is 0.262 e. The largest absolute Gasteiger partial charge is 0.497 e. The van der Waals surface area contributed by atoms with E-state index < -0.39 is 0 Å². The van der Waals surface area contributed by atoms with Gasteiger partial charge in [0, 0.05) is 16.5 Å². The van der Waals surface area contributed by atoms with Gasteiger partial charge in [-0.15, -0.1) is 0 Å². The Morgan fingerprint density at radius 2 is 1.97 bits per heavy atom. The van der Waals surface area contributed by atoms with Crippen LogP contribution in [0.4, 0.5) is 5.69 Å². The summed E-state index contributed by atoms with van der Waals surface area (Å²) >= 11 is 1.41. The SMILES string of the molecule is COc1cccc(/C=C2/Sc3ccc(C(=O)NC4CCC(C)CC4)cc3NC2=O)c1. The van der Waals surface area contributed by atoms with Crippen LogP contribution in [0.15, 0.2) is 52.3 Å². The number of nitrogens with one attached hydrogen (secondary N) is 2. The molecule has 0 aromatic heterocycles. The molecule has 2 aromatic carbocycles. The van der Waals surface area contributed by atoms with E-state index in [0.717, 1.165) is 47.8 Å². The van der Waals surface area contributed by atoms with E-state index in [1.54, 1.807) is 13.2 Å². The van der Waals surface area contributed by atoms with Gasteiger partial charge in [0.05, 0.1) is 17.7 Å². The topological polar surface area (TPSA) is 67.4 Å². The van der Waals surface area contributed by atoms with Gasteiger partial charge in [0.2, 0.25) is 0 Å². The van der Waals surface area contributed by atoms with Gasteiger partial charge in [0.25, 0.3) is 11.8 Å². The average molecular weight is 423 g/mol. The lowest BCUT2D eigenvalue weighted by Gasteiger charge is -2.27. The van der Waals surface area contributed by atoms with E-state index in [9.17, 15) is 9.59 Å². The number of methoxy groups -OCH3 is 1. The molecule has 0 bridgehead atoms. The van der Waals surface area contributed by atoms with Crippen molar-refractivity contribution in [2.45, 2.75) is 43.5 Å². The maximum atomic E-state index is 12.7. The number of anilines is 1. The van der Waals surface area contributed by atoms with Crippen molar-refractivity contribution < 1.29 is 14.3 Å². The molecular weight excluding hydrogens is 396 g/mol. The van der Waals surface area contributed by atoms with Crippen molar-refractivity contribution in [1.29, 1.82) is 0 Å². The third kappa shape index (κ3) is 4.70. The van der Waals surface area contributed by atoms with Gasteiger partial charge >= 0.3 is 0 Å². The van der Waals surface area contributed by atoms with Crippen molar-refractivity contribution in [3.05, 3.63) is 58.5 Å². The molecule has 0 unspecified atom stereocenters. The van der Waals surface area contributed by atoms with Crippen molar-refractivity contribution in [3.63, 3.8) is 0 Å². The number of benzene rings is 2. The van der Waals surface area contributed by atoms with E-state index >= 15 is 0 Å². The molecule has 0 spiro atoms. The van der Waals surface area contributed by atoms with Crippen molar-refractivity contribution in [1.82, 2.24) is 5.32 Å². The molecular formula is C24H26N2O3S. The summed E-state index contributed by atoms with van der Waals surface area (Å²) in [6.07, 6.45) is 6.22. The van der Waals surface area contributed by atoms with Crippen LogP contribution in [-0.4, -0.2) is 25.0 Å². The molecule has 2 N–H and O–H groups in total. The minimum absolute atomic E-state index is 0.0747. The highest BCUT2D eigenvalue weighted by Gasteiger charge is 2.24. The molecule has 156 valence electrons. The second-order valence-electron chi connectivity index (χ2n) is 7.98. The van der Waals surface area contributed by atoms with Gasteiger partial charge in [-0.25, -0.2) is 0 Å². The van der Waals surface area contributed by atoms with Crippen LogP contribution in [0, 0.1) is 5.92 Å². The van der Waals surface area contributed by atoms with E-state index in [0.29, 0.717) is 16.2 Å². The molecule has 2 aliphatic rings. The summed E-state index contributed by atoms with van der Waals surface area (Å²) in [6, 6.07) is 13.3. The fourth-order valence-electron chi connectivity index (χ4n) is 3.86. The molecule has 30 heavy (non-hydrogen) atoms. The van der Waals surface area contributed by atoms with Crippen molar-refractivity contribution in [2.75, 3.05) is 12.4 Å². The van der Waals surface area contributed by atoms with Crippen LogP contribution in [-0.2, 0) is 4.79 Å². The van der Waals surface area contributed by atoms with Gasteiger partial charge in [-0.1, -0.05) is 30.8 Å². The predicted molar refractivity (Wildman–Crippen MR) is 121 cm³/mol. The maximum absolute atomic E-state index is 12.7. The molecule has 1 saturated carbocycles. The number of rotatable bonds is 4. The average Bonchev–Trinajstić information content (AvgIpc) is 2.75. The van der Waals surface area contributed by atoms with Gasteiger partial charge in [-0.3, -0.25) is 9.59 Å². The Hall–Kier alpha value is -2.73. The third-order valence-corrected chi connectivity index (χ3v) is 6.78. The fourth-order valence-corrected chi connectivity index (χ4v) is 4.79. The zero-order chi connectivity index (χ0) is 21.1. The number of hydrogen-bond acceptors (Lipinski definition) is 4. The van der Waals surface area contributed by atoms with Gasteiger partial charge in [-0.05, 0) is 73.6 Å². The van der Waals surface area contributed by atoms with Crippen molar-refractivity contribution in [2.24, 2.45) is 5.92 Å². The highest BCUT2D eigenvalue weighted by atomic mass is 32.2. The van der Waals surface area contributed by atoms with Crippen LogP contribution in [0.3, 0.4) is 0 Å². The summed E-state index contributed by atoms with van der Waals surface area (Å²) in [7, 11) is 1.62. The van der Waals surface area contributed by atoms with Gasteiger partial charge in [0.1, 0.15) is 5.75 Å². The Labute approximate surface area is 181 Å². The molecule has 1 aliphatic carbocycles. The van der Waals surface area contributed by atoms with Crippen molar-refractivity contribution >= 4 is 35.3 Å². The molecule has 1 fully saturated rings. The third-order valence-electron chi connectivity index (χ3n) is 5.68. The first-order valence-corrected chi connectivity index (χ1v) is 11.1. The molecule has 4 rings (SSSR count). The van der Waals surface area contributed by atoms with Crippen LogP contribution in [0.2, 0.25) is 0 Å². The molecule has 0 saturated heterocycles. The van der Waals surface area contributed by atoms with Crippen LogP contribution in [0.1, 0.15) is 48.5 Å². The lowest BCUT2D eigenvalue weighted by atomic mass is 9.87. The highest BCUT2D eigenvalue weighted by molar-refractivity contribution is 8.04. The second kappa shape index (κ2) is 8.96. The first-order valence-electron chi connectivity index (χ1n) is 10.3. The Bertz CT molecular complexity index is 994. The van der Waals surface area contributed by atoms with Gasteiger partial charge in [0.15, 0.2) is 0 Å². The molecule has 2 amide bonds. The molecule has 5 nitrogen and oxygen atoms in total. The summed E-state index contributed by atoms with van der Waals surface area (Å²) in [5, 5.41) is 6.07. The Kier molecular flexibility index (Phi) is 6.13. The fraction of sp³-hybridized carbons (Fsp3) is 0.333. The summed E-state index contributed by atoms with van der Waals surface area (Å²) in [5.41, 5.74) is 2.15. The number of carbonyl (C=O) groups excluding carboxylic acids is 2. The zero-order valence-corrected chi connectivity index (χ0v) is 18.1. The number of thioether (sulfide) groups is 1. The number of carbonyl (C=O) groups is 2. The number of ether oxygens (including phenoxy) is 1. The van der Waals surface area contributed by atoms with Gasteiger partial charge < -0.3 is 15.4 Å². The summed E-state index contributed by atoms with van der Waals surface area (Å²) < 4.78 is 5.25. The van der Waals surface area contributed by atoms with E-state index in [-0.39, 0.29) is 17.9 Å². The number of hydrogen-bond donors (Lipinski definition) is 2. The quantitative estimate of drug-likeness (QED) is 0.674. The molecule has 1 heterocycles. The smallest absolute Gasteiger partial charge is 0.262 e. The number of amides is 2. The standard InChI is InChI=1S/C24H26N2O3S/c1-15-6-9-18(10-7-15)25-23(27)17-8-11-21-20(14-17)26-24(28)22(30-21)13-16-4-3-5-19(12-16)29-2/h3-5,8,11-15,18H,6-7,9-10H2,1-2H3,(H,25,27)(H,26,28)/b22-13+.